The first-order chi connectivity index (χ1) is 18.1. The summed E-state index contributed by atoms with van der Waals surface area (Å²) in [4.78, 5) is 37.5. The van der Waals surface area contributed by atoms with Crippen LogP contribution in [0.15, 0.2) is 72.8 Å². The van der Waals surface area contributed by atoms with Crippen LogP contribution in [0.5, 0.6) is 0 Å². The summed E-state index contributed by atoms with van der Waals surface area (Å²) in [5.41, 5.74) is 2.31. The van der Waals surface area contributed by atoms with E-state index in [2.05, 4.69) is 10.6 Å². The fourth-order valence-electron chi connectivity index (χ4n) is 5.11. The van der Waals surface area contributed by atoms with Gasteiger partial charge in [-0.15, -0.1) is 0 Å². The summed E-state index contributed by atoms with van der Waals surface area (Å²) in [6.07, 6.45) is -0.127. The van der Waals surface area contributed by atoms with E-state index in [-0.39, 0.29) is 12.3 Å². The molecule has 0 spiro atoms. The molecule has 1 atom stereocenters. The zero-order chi connectivity index (χ0) is 27.2. The maximum Gasteiger partial charge on any atom is 0.326 e. The molecular formula is C30H24F2N2O4. The molecule has 6 nitrogen and oxygen atoms in total. The van der Waals surface area contributed by atoms with Gasteiger partial charge in [-0.05, 0) is 59.0 Å². The first-order valence-corrected chi connectivity index (χ1v) is 12.0. The Bertz CT molecular complexity index is 1610. The number of nitrogens with one attached hydrogen (secondary N) is 2. The second-order valence-corrected chi connectivity index (χ2v) is 9.79. The Morgan fingerprint density at radius 1 is 0.895 bits per heavy atom. The van der Waals surface area contributed by atoms with Crippen molar-refractivity contribution in [3.8, 4) is 11.1 Å². The van der Waals surface area contributed by atoms with Crippen molar-refractivity contribution in [2.75, 3.05) is 0 Å². The smallest absolute Gasteiger partial charge is 0.326 e. The first kappa shape index (κ1) is 25.1. The van der Waals surface area contributed by atoms with E-state index >= 15 is 0 Å². The van der Waals surface area contributed by atoms with Gasteiger partial charge >= 0.3 is 5.97 Å². The molecule has 5 rings (SSSR count). The molecule has 0 unspecified atom stereocenters. The predicted octanol–water partition coefficient (Wildman–Crippen LogP) is 5.19. The summed E-state index contributed by atoms with van der Waals surface area (Å²) in [5.74, 6) is -4.82. The SMILES string of the molecule is CC1(C)NC(=O)c2c(-c3cccc4c(C[C@H](NC(=O)c5c(F)cccc5F)C(=O)O)cccc34)cccc21. The van der Waals surface area contributed by atoms with Crippen LogP contribution in [0.3, 0.4) is 0 Å². The molecule has 38 heavy (non-hydrogen) atoms. The monoisotopic (exact) mass is 514 g/mol. The molecule has 2 amide bonds. The Balaban J connectivity index is 1.54. The van der Waals surface area contributed by atoms with Crippen molar-refractivity contribution in [1.82, 2.24) is 10.6 Å². The van der Waals surface area contributed by atoms with E-state index in [0.717, 1.165) is 45.7 Å². The molecule has 1 aliphatic rings. The summed E-state index contributed by atoms with van der Waals surface area (Å²) in [6, 6.07) is 18.2. The molecule has 0 bridgehead atoms. The highest BCUT2D eigenvalue weighted by atomic mass is 19.1. The Hall–Kier alpha value is -4.59. The molecular weight excluding hydrogens is 490 g/mol. The molecule has 0 saturated carbocycles. The minimum Gasteiger partial charge on any atom is -0.480 e. The minimum absolute atomic E-state index is 0.127. The lowest BCUT2D eigenvalue weighted by molar-refractivity contribution is -0.139. The van der Waals surface area contributed by atoms with Gasteiger partial charge in [0.15, 0.2) is 0 Å². The zero-order valence-electron chi connectivity index (χ0n) is 20.6. The number of aliphatic carboxylic acids is 1. The van der Waals surface area contributed by atoms with Crippen molar-refractivity contribution >= 4 is 28.6 Å². The summed E-state index contributed by atoms with van der Waals surface area (Å²) in [7, 11) is 0. The maximum atomic E-state index is 14.1. The van der Waals surface area contributed by atoms with Crippen LogP contribution in [0.4, 0.5) is 8.78 Å². The molecule has 3 N–H and O–H groups in total. The number of carbonyl (C=O) groups is 3. The van der Waals surface area contributed by atoms with Crippen LogP contribution in [0.1, 0.15) is 45.7 Å². The molecule has 1 heterocycles. The molecule has 0 aromatic heterocycles. The quantitative estimate of drug-likeness (QED) is 0.330. The third-order valence-electron chi connectivity index (χ3n) is 6.91. The standard InChI is InChI=1S/C30H24F2N2O4/c1-30(2)21-12-5-11-20(25(21)28(36)34-30)19-10-4-8-17-16(7-3-9-18(17)19)15-24(29(37)38)33-27(35)26-22(31)13-6-14-23(26)32/h3-14,24H,15H2,1-2H3,(H,33,35)(H,34,36)(H,37,38)/t24-/m0/s1. The van der Waals surface area contributed by atoms with Crippen LogP contribution in [0.25, 0.3) is 21.9 Å². The summed E-state index contributed by atoms with van der Waals surface area (Å²) < 4.78 is 28.2. The van der Waals surface area contributed by atoms with E-state index in [9.17, 15) is 28.3 Å². The molecule has 4 aromatic rings. The number of carboxylic acid groups (broad SMARTS) is 1. The van der Waals surface area contributed by atoms with Crippen molar-refractivity contribution in [3.05, 3.63) is 107 Å². The van der Waals surface area contributed by atoms with Crippen molar-refractivity contribution in [2.24, 2.45) is 0 Å². The van der Waals surface area contributed by atoms with Crippen molar-refractivity contribution in [3.63, 3.8) is 0 Å². The van der Waals surface area contributed by atoms with Crippen LogP contribution in [0, 0.1) is 11.6 Å². The number of rotatable bonds is 6. The number of benzene rings is 4. The zero-order valence-corrected chi connectivity index (χ0v) is 20.6. The van der Waals surface area contributed by atoms with Gasteiger partial charge in [0, 0.05) is 6.42 Å². The fourth-order valence-corrected chi connectivity index (χ4v) is 5.11. The Morgan fingerprint density at radius 2 is 1.50 bits per heavy atom. The number of carbonyl (C=O) groups excluding carboxylic acids is 2. The molecule has 8 heteroatoms. The number of hydrogen-bond donors (Lipinski definition) is 3. The third-order valence-corrected chi connectivity index (χ3v) is 6.91. The van der Waals surface area contributed by atoms with E-state index in [0.29, 0.717) is 11.1 Å². The Morgan fingerprint density at radius 3 is 2.21 bits per heavy atom. The molecule has 0 saturated heterocycles. The minimum atomic E-state index is -1.44. The molecule has 1 aliphatic heterocycles. The summed E-state index contributed by atoms with van der Waals surface area (Å²) >= 11 is 0. The highest BCUT2D eigenvalue weighted by Crippen LogP contribution is 2.39. The summed E-state index contributed by atoms with van der Waals surface area (Å²) in [5, 5.41) is 16.6. The van der Waals surface area contributed by atoms with Gasteiger partial charge in [-0.25, -0.2) is 13.6 Å². The van der Waals surface area contributed by atoms with Crippen LogP contribution >= 0.6 is 0 Å². The van der Waals surface area contributed by atoms with Gasteiger partial charge in [0.05, 0.1) is 11.1 Å². The van der Waals surface area contributed by atoms with Gasteiger partial charge in [-0.2, -0.15) is 0 Å². The Kier molecular flexibility index (Phi) is 6.18. The van der Waals surface area contributed by atoms with Crippen molar-refractivity contribution < 1.29 is 28.3 Å². The van der Waals surface area contributed by atoms with Gasteiger partial charge in [-0.1, -0.05) is 60.7 Å². The number of hydrogen-bond acceptors (Lipinski definition) is 3. The number of carboxylic acids is 1. The van der Waals surface area contributed by atoms with Gasteiger partial charge in [-0.3, -0.25) is 9.59 Å². The first-order valence-electron chi connectivity index (χ1n) is 12.0. The average molecular weight is 515 g/mol. The maximum absolute atomic E-state index is 14.1. The van der Waals surface area contributed by atoms with E-state index in [1.807, 2.05) is 56.3 Å². The highest BCUT2D eigenvalue weighted by Gasteiger charge is 2.37. The van der Waals surface area contributed by atoms with Crippen LogP contribution < -0.4 is 10.6 Å². The predicted molar refractivity (Wildman–Crippen MR) is 139 cm³/mol. The van der Waals surface area contributed by atoms with Crippen molar-refractivity contribution in [2.45, 2.75) is 31.8 Å². The van der Waals surface area contributed by atoms with Crippen LogP contribution in [0.2, 0.25) is 0 Å². The van der Waals surface area contributed by atoms with Crippen LogP contribution in [-0.2, 0) is 16.8 Å². The lowest BCUT2D eigenvalue weighted by atomic mass is 9.87. The van der Waals surface area contributed by atoms with Gasteiger partial charge in [0.2, 0.25) is 0 Å². The van der Waals surface area contributed by atoms with Crippen LogP contribution in [-0.4, -0.2) is 28.9 Å². The third kappa shape index (κ3) is 4.28. The molecule has 192 valence electrons. The van der Waals surface area contributed by atoms with E-state index in [1.165, 1.54) is 0 Å². The average Bonchev–Trinajstić information content (AvgIpc) is 3.11. The van der Waals surface area contributed by atoms with E-state index in [1.54, 1.807) is 12.1 Å². The van der Waals surface area contributed by atoms with Crippen molar-refractivity contribution in [1.29, 1.82) is 0 Å². The molecule has 4 aromatic carbocycles. The molecule has 0 aliphatic carbocycles. The fraction of sp³-hybridized carbons (Fsp3) is 0.167. The molecule has 0 radical (unpaired) electrons. The van der Waals surface area contributed by atoms with E-state index in [4.69, 9.17) is 0 Å². The largest absolute Gasteiger partial charge is 0.480 e. The number of amides is 2. The lowest BCUT2D eigenvalue weighted by Gasteiger charge is -2.19. The van der Waals surface area contributed by atoms with Gasteiger partial charge in [0.25, 0.3) is 11.8 Å². The highest BCUT2D eigenvalue weighted by molar-refractivity contribution is 6.09. The Labute approximate surface area is 217 Å². The number of halogens is 2. The topological polar surface area (TPSA) is 95.5 Å². The second kappa shape index (κ2) is 9.37. The van der Waals surface area contributed by atoms with Gasteiger partial charge in [0.1, 0.15) is 23.2 Å². The van der Waals surface area contributed by atoms with E-state index < -0.39 is 40.7 Å². The van der Waals surface area contributed by atoms with Gasteiger partial charge < -0.3 is 15.7 Å². The normalized spacial score (nSPS) is 14.6. The molecule has 0 fully saturated rings. The lowest BCUT2D eigenvalue weighted by Crippen LogP contribution is -2.43. The number of fused-ring (bicyclic) bond motifs is 2. The second-order valence-electron chi connectivity index (χ2n) is 9.79. The summed E-state index contributed by atoms with van der Waals surface area (Å²) in [6.45, 7) is 3.88.